The molecule has 13 rings (SSSR count). The molecule has 0 saturated carbocycles. The highest BCUT2D eigenvalue weighted by Crippen LogP contribution is 2.49. The molecule has 3 aliphatic rings. The molecule has 8 aromatic carbocycles. The molecule has 0 bridgehead atoms. The van der Waals surface area contributed by atoms with Crippen molar-refractivity contribution in [3.63, 3.8) is 0 Å². The minimum atomic E-state index is -0.128. The fourth-order valence-electron chi connectivity index (χ4n) is 11.7. The van der Waals surface area contributed by atoms with Crippen LogP contribution in [0.4, 0.5) is 34.1 Å². The molecular weight excluding hydrogens is 880 g/mol. The van der Waals surface area contributed by atoms with Crippen LogP contribution in [0.25, 0.3) is 48.7 Å². The maximum absolute atomic E-state index is 6.56. The number of nitrogens with zero attached hydrogens (tertiary/aromatic N) is 2. The molecule has 10 aromatic rings. The van der Waals surface area contributed by atoms with Gasteiger partial charge >= 0.3 is 0 Å². The topological polar surface area (TPSA) is 19.6 Å². The first-order chi connectivity index (χ1) is 34.1. The van der Waals surface area contributed by atoms with Gasteiger partial charge in [-0.15, -0.1) is 11.3 Å². The van der Waals surface area contributed by atoms with Crippen molar-refractivity contribution in [1.29, 1.82) is 0 Å². The minimum absolute atomic E-state index is 0.0193. The summed E-state index contributed by atoms with van der Waals surface area (Å²) in [6.45, 7) is 21.1. The molecule has 0 fully saturated rings. The van der Waals surface area contributed by atoms with E-state index in [1.54, 1.807) is 0 Å². The van der Waals surface area contributed by atoms with E-state index in [2.05, 4.69) is 236 Å². The molecule has 2 aliphatic heterocycles. The van der Waals surface area contributed by atoms with Crippen molar-refractivity contribution in [2.45, 2.75) is 91.4 Å². The van der Waals surface area contributed by atoms with E-state index in [-0.39, 0.29) is 23.0 Å². The van der Waals surface area contributed by atoms with Crippen LogP contribution >= 0.6 is 11.3 Å². The summed E-state index contributed by atoms with van der Waals surface area (Å²) in [6.07, 6.45) is 4.62. The first-order valence-corrected chi connectivity index (χ1v) is 26.3. The highest BCUT2D eigenvalue weighted by Gasteiger charge is 2.45. The summed E-state index contributed by atoms with van der Waals surface area (Å²) in [5.74, 6) is 0. The SMILES string of the molecule is CC(C)(C)c1ccc2c(c1)B1c3ccc(C(C)(C)C)cc3N(c3ccc(-c4cccc5c4oc4ccccc45)cc3)c3cc(C(C)(C)C)cc(c31)N2c1ccc(C2=CCCc3c2sc2ccccc32)cc1. The molecule has 0 spiro atoms. The van der Waals surface area contributed by atoms with E-state index in [9.17, 15) is 0 Å². The molecular formula is C66H59BN2OS. The second kappa shape index (κ2) is 15.7. The summed E-state index contributed by atoms with van der Waals surface area (Å²) >= 11 is 1.94. The van der Waals surface area contributed by atoms with Crippen molar-refractivity contribution in [3.05, 3.63) is 203 Å². The van der Waals surface area contributed by atoms with Gasteiger partial charge in [0.1, 0.15) is 11.2 Å². The molecule has 4 heterocycles. The average molecular weight is 939 g/mol. The van der Waals surface area contributed by atoms with Gasteiger partial charge in [-0.2, -0.15) is 0 Å². The summed E-state index contributed by atoms with van der Waals surface area (Å²) in [5, 5.41) is 3.70. The van der Waals surface area contributed by atoms with Crippen LogP contribution in [0.5, 0.6) is 0 Å². The summed E-state index contributed by atoms with van der Waals surface area (Å²) in [7, 11) is 0. The van der Waals surface area contributed by atoms with E-state index in [1.807, 2.05) is 17.4 Å². The highest BCUT2D eigenvalue weighted by molar-refractivity contribution is 7.20. The summed E-state index contributed by atoms with van der Waals surface area (Å²) in [4.78, 5) is 6.59. The molecule has 2 aromatic heterocycles. The van der Waals surface area contributed by atoms with Crippen molar-refractivity contribution in [2.24, 2.45) is 0 Å². The van der Waals surface area contributed by atoms with Crippen LogP contribution in [-0.2, 0) is 22.7 Å². The number of anilines is 6. The zero-order chi connectivity index (χ0) is 48.7. The Bertz CT molecular complexity index is 3830. The first-order valence-electron chi connectivity index (χ1n) is 25.5. The molecule has 71 heavy (non-hydrogen) atoms. The first kappa shape index (κ1) is 43.9. The Kier molecular flexibility index (Phi) is 9.72. The molecule has 1 aliphatic carbocycles. The lowest BCUT2D eigenvalue weighted by Gasteiger charge is -2.45. The van der Waals surface area contributed by atoms with Crippen molar-refractivity contribution >= 4 is 106 Å². The number of hydrogen-bond donors (Lipinski definition) is 0. The molecule has 0 radical (unpaired) electrons. The number of allylic oxidation sites excluding steroid dienone is 1. The van der Waals surface area contributed by atoms with Gasteiger partial charge < -0.3 is 14.2 Å². The molecule has 0 unspecified atom stereocenters. The summed E-state index contributed by atoms with van der Waals surface area (Å²) < 4.78 is 7.94. The number of thiophene rings is 1. The quantitative estimate of drug-likeness (QED) is 0.164. The number of para-hydroxylation sites is 2. The van der Waals surface area contributed by atoms with Gasteiger partial charge in [0, 0.05) is 60.0 Å². The van der Waals surface area contributed by atoms with Gasteiger partial charge in [0.15, 0.2) is 0 Å². The Balaban J connectivity index is 1.02. The standard InChI is InChI=1S/C66H59BN2OS/c1-64(2,3)42-29-35-55-54(36-42)67-53-34-28-43(65(4,5)6)37-56(53)69(46-30-24-40(25-31-46)47-18-14-20-51-49-16-10-12-22-59(49)70-62(47)51)58-39-44(66(7,8)9)38-57(61(58)67)68(55)45-32-26-41(27-33-45)48-19-15-21-52-50-17-11-13-23-60(50)71-63(48)52/h10-14,16-20,22-39H,15,21H2,1-9H3. The fourth-order valence-corrected chi connectivity index (χ4v) is 13.1. The van der Waals surface area contributed by atoms with Gasteiger partial charge in [0.2, 0.25) is 0 Å². The van der Waals surface area contributed by atoms with Crippen LogP contribution in [0.15, 0.2) is 174 Å². The number of hydrogen-bond acceptors (Lipinski definition) is 4. The molecule has 5 heteroatoms. The second-order valence-electron chi connectivity index (χ2n) is 23.3. The van der Waals surface area contributed by atoms with E-state index in [1.165, 1.54) is 93.2 Å². The van der Waals surface area contributed by atoms with Crippen LogP contribution in [-0.4, -0.2) is 6.71 Å². The third-order valence-electron chi connectivity index (χ3n) is 15.6. The van der Waals surface area contributed by atoms with Gasteiger partial charge in [0.25, 0.3) is 6.71 Å². The maximum atomic E-state index is 6.56. The smallest absolute Gasteiger partial charge is 0.252 e. The largest absolute Gasteiger partial charge is 0.455 e. The van der Waals surface area contributed by atoms with E-state index >= 15 is 0 Å². The predicted molar refractivity (Wildman–Crippen MR) is 307 cm³/mol. The van der Waals surface area contributed by atoms with Gasteiger partial charge in [-0.3, -0.25) is 0 Å². The van der Waals surface area contributed by atoms with Crippen LogP contribution in [0.3, 0.4) is 0 Å². The number of furan rings is 1. The van der Waals surface area contributed by atoms with Crippen LogP contribution in [0.1, 0.15) is 101 Å². The Hall–Kier alpha value is -7.08. The average Bonchev–Trinajstić information content (AvgIpc) is 3.94. The van der Waals surface area contributed by atoms with E-state index < -0.39 is 0 Å². The number of benzene rings is 8. The fraction of sp³-hybridized carbons (Fsp3) is 0.212. The van der Waals surface area contributed by atoms with Crippen LogP contribution in [0.2, 0.25) is 0 Å². The van der Waals surface area contributed by atoms with Crippen molar-refractivity contribution in [3.8, 4) is 11.1 Å². The Morgan fingerprint density at radius 3 is 1.79 bits per heavy atom. The monoisotopic (exact) mass is 938 g/mol. The third kappa shape index (κ3) is 6.98. The van der Waals surface area contributed by atoms with Crippen molar-refractivity contribution in [2.75, 3.05) is 9.80 Å². The molecule has 0 N–H and O–H groups in total. The Morgan fingerprint density at radius 2 is 1.08 bits per heavy atom. The summed E-state index contributed by atoms with van der Waals surface area (Å²) in [5.41, 5.74) is 23.3. The third-order valence-corrected chi connectivity index (χ3v) is 16.9. The molecule has 0 atom stereocenters. The predicted octanol–water partition coefficient (Wildman–Crippen LogP) is 16.8. The van der Waals surface area contributed by atoms with Crippen LogP contribution < -0.4 is 26.2 Å². The highest BCUT2D eigenvalue weighted by atomic mass is 32.1. The van der Waals surface area contributed by atoms with Gasteiger partial charge in [0.05, 0.1) is 0 Å². The van der Waals surface area contributed by atoms with Gasteiger partial charge in [-0.25, -0.2) is 0 Å². The lowest BCUT2D eigenvalue weighted by molar-refractivity contribution is 0.589. The maximum Gasteiger partial charge on any atom is 0.252 e. The number of aryl methyl sites for hydroxylation is 1. The van der Waals surface area contributed by atoms with Gasteiger partial charge in [-0.05, 0) is 150 Å². The molecule has 348 valence electrons. The van der Waals surface area contributed by atoms with E-state index in [4.69, 9.17) is 4.42 Å². The Morgan fingerprint density at radius 1 is 0.493 bits per heavy atom. The minimum Gasteiger partial charge on any atom is -0.455 e. The van der Waals surface area contributed by atoms with Crippen molar-refractivity contribution in [1.82, 2.24) is 0 Å². The van der Waals surface area contributed by atoms with E-state index in [0.29, 0.717) is 0 Å². The summed E-state index contributed by atoms with van der Waals surface area (Å²) in [6, 6.07) is 62.2. The second-order valence-corrected chi connectivity index (χ2v) is 24.3. The zero-order valence-corrected chi connectivity index (χ0v) is 43.2. The number of rotatable bonds is 4. The normalized spacial score (nSPS) is 14.4. The molecule has 3 nitrogen and oxygen atoms in total. The number of fused-ring (bicyclic) bond motifs is 10. The van der Waals surface area contributed by atoms with E-state index in [0.717, 1.165) is 51.6 Å². The Labute approximate surface area is 423 Å². The molecule has 0 amide bonds. The van der Waals surface area contributed by atoms with Crippen molar-refractivity contribution < 1.29 is 4.42 Å². The lowest BCUT2D eigenvalue weighted by atomic mass is 9.33. The zero-order valence-electron chi connectivity index (χ0n) is 42.4. The van der Waals surface area contributed by atoms with Crippen LogP contribution in [0, 0.1) is 0 Å². The lowest BCUT2D eigenvalue weighted by Crippen LogP contribution is -2.61. The molecule has 0 saturated heterocycles. The van der Waals surface area contributed by atoms with Gasteiger partial charge in [-0.1, -0.05) is 172 Å².